The van der Waals surface area contributed by atoms with Crippen LogP contribution in [0.5, 0.6) is 0 Å². The summed E-state index contributed by atoms with van der Waals surface area (Å²) < 4.78 is 0. The van der Waals surface area contributed by atoms with E-state index >= 15 is 0 Å². The molecule has 1 saturated heterocycles. The van der Waals surface area contributed by atoms with Gasteiger partial charge in [0.1, 0.15) is 0 Å². The molecule has 0 unspecified atom stereocenters. The summed E-state index contributed by atoms with van der Waals surface area (Å²) in [6, 6.07) is 0. The summed E-state index contributed by atoms with van der Waals surface area (Å²) in [7, 11) is 0. The minimum absolute atomic E-state index is 0.698. The highest BCUT2D eigenvalue weighted by atomic mass is 32.1. The summed E-state index contributed by atoms with van der Waals surface area (Å²) in [6.45, 7) is 3.05. The molecule has 3 nitrogen and oxygen atoms in total. The predicted octanol–water partition coefficient (Wildman–Crippen LogP) is 2.02. The van der Waals surface area contributed by atoms with E-state index in [9.17, 15) is 0 Å². The van der Waals surface area contributed by atoms with Crippen molar-refractivity contribution in [3.63, 3.8) is 0 Å². The Balaban J connectivity index is 2.00. The van der Waals surface area contributed by atoms with Gasteiger partial charge in [0.2, 0.25) is 0 Å². The third-order valence-corrected chi connectivity index (χ3v) is 3.77. The largest absolute Gasteiger partial charge is 0.348 e. The van der Waals surface area contributed by atoms with Crippen molar-refractivity contribution in [1.82, 2.24) is 4.98 Å². The number of hydrogen-bond acceptors (Lipinski definition) is 4. The van der Waals surface area contributed by atoms with Gasteiger partial charge in [0.25, 0.3) is 0 Å². The van der Waals surface area contributed by atoms with Crippen molar-refractivity contribution in [3.8, 4) is 0 Å². The van der Waals surface area contributed by atoms with Crippen LogP contribution in [0.3, 0.4) is 0 Å². The zero-order valence-electron chi connectivity index (χ0n) is 9.11. The Morgan fingerprint density at radius 1 is 1.27 bits per heavy atom. The van der Waals surface area contributed by atoms with Gasteiger partial charge in [-0.3, -0.25) is 0 Å². The maximum Gasteiger partial charge on any atom is 0.185 e. The molecular weight excluding hydrogens is 206 g/mol. The quantitative estimate of drug-likeness (QED) is 0.856. The lowest BCUT2D eigenvalue weighted by Gasteiger charge is -2.18. The number of rotatable bonds is 3. The van der Waals surface area contributed by atoms with Gasteiger partial charge in [0, 0.05) is 24.9 Å². The molecule has 1 aromatic rings. The van der Waals surface area contributed by atoms with Gasteiger partial charge >= 0.3 is 0 Å². The van der Waals surface area contributed by atoms with Crippen LogP contribution in [0.1, 0.15) is 31.4 Å². The smallest absolute Gasteiger partial charge is 0.185 e. The van der Waals surface area contributed by atoms with Gasteiger partial charge < -0.3 is 10.6 Å². The van der Waals surface area contributed by atoms with Crippen molar-refractivity contribution in [2.75, 3.05) is 24.5 Å². The Morgan fingerprint density at radius 2 is 2.00 bits per heavy atom. The summed E-state index contributed by atoms with van der Waals surface area (Å²) in [5, 5.41) is 3.34. The second kappa shape index (κ2) is 5.47. The average molecular weight is 225 g/mol. The summed E-state index contributed by atoms with van der Waals surface area (Å²) in [6.07, 6.45) is 6.27. The van der Waals surface area contributed by atoms with Crippen molar-refractivity contribution in [1.29, 1.82) is 0 Å². The average Bonchev–Trinajstić information content (AvgIpc) is 2.53. The van der Waals surface area contributed by atoms with Crippen molar-refractivity contribution < 1.29 is 0 Å². The van der Waals surface area contributed by atoms with Crippen LogP contribution in [0.4, 0.5) is 5.13 Å². The molecule has 4 heteroatoms. The summed E-state index contributed by atoms with van der Waals surface area (Å²) >= 11 is 1.76. The van der Waals surface area contributed by atoms with E-state index in [0.717, 1.165) is 12.1 Å². The fourth-order valence-corrected chi connectivity index (χ4v) is 2.88. The van der Waals surface area contributed by atoms with Gasteiger partial charge in [-0.1, -0.05) is 12.8 Å². The summed E-state index contributed by atoms with van der Waals surface area (Å²) in [4.78, 5) is 7.06. The fourth-order valence-electron chi connectivity index (χ4n) is 1.97. The molecule has 1 fully saturated rings. The van der Waals surface area contributed by atoms with Crippen LogP contribution in [-0.2, 0) is 6.42 Å². The highest BCUT2D eigenvalue weighted by molar-refractivity contribution is 7.13. The van der Waals surface area contributed by atoms with Crippen LogP contribution in [0, 0.1) is 0 Å². The number of anilines is 1. The van der Waals surface area contributed by atoms with Gasteiger partial charge in [0.05, 0.1) is 5.69 Å². The lowest BCUT2D eigenvalue weighted by molar-refractivity contribution is 0.726. The normalized spacial score (nSPS) is 17.8. The van der Waals surface area contributed by atoms with Crippen LogP contribution in [0.25, 0.3) is 0 Å². The van der Waals surface area contributed by atoms with Crippen LogP contribution < -0.4 is 10.6 Å². The molecule has 1 aliphatic rings. The zero-order chi connectivity index (χ0) is 10.5. The molecule has 2 rings (SSSR count). The van der Waals surface area contributed by atoms with Crippen molar-refractivity contribution >= 4 is 16.5 Å². The third kappa shape index (κ3) is 2.92. The highest BCUT2D eigenvalue weighted by Crippen LogP contribution is 2.23. The van der Waals surface area contributed by atoms with Gasteiger partial charge in [-0.05, 0) is 19.4 Å². The maximum atomic E-state index is 5.52. The van der Waals surface area contributed by atoms with E-state index in [-0.39, 0.29) is 0 Å². The molecule has 0 aromatic carbocycles. The first-order chi connectivity index (χ1) is 7.40. The molecule has 15 heavy (non-hydrogen) atoms. The number of nitrogens with zero attached hydrogens (tertiary/aromatic N) is 2. The number of nitrogens with two attached hydrogens (primary N) is 1. The van der Waals surface area contributed by atoms with E-state index in [1.165, 1.54) is 43.9 Å². The summed E-state index contributed by atoms with van der Waals surface area (Å²) in [5.74, 6) is 0. The van der Waals surface area contributed by atoms with Crippen molar-refractivity contribution in [2.24, 2.45) is 5.73 Å². The lowest BCUT2D eigenvalue weighted by atomic mass is 10.2. The predicted molar refractivity (Wildman–Crippen MR) is 65.6 cm³/mol. The molecule has 0 amide bonds. The molecule has 0 aliphatic carbocycles. The minimum Gasteiger partial charge on any atom is -0.348 e. The maximum absolute atomic E-state index is 5.52. The van der Waals surface area contributed by atoms with Gasteiger partial charge in [-0.25, -0.2) is 4.98 Å². The molecule has 0 saturated carbocycles. The van der Waals surface area contributed by atoms with E-state index in [2.05, 4.69) is 15.3 Å². The molecule has 1 aromatic heterocycles. The van der Waals surface area contributed by atoms with Crippen LogP contribution in [-0.4, -0.2) is 24.6 Å². The molecule has 0 atom stereocenters. The van der Waals surface area contributed by atoms with Crippen LogP contribution in [0.15, 0.2) is 5.38 Å². The van der Waals surface area contributed by atoms with Crippen LogP contribution >= 0.6 is 11.3 Å². The summed E-state index contributed by atoms with van der Waals surface area (Å²) in [5.41, 5.74) is 6.68. The molecule has 0 radical (unpaired) electrons. The highest BCUT2D eigenvalue weighted by Gasteiger charge is 2.12. The Morgan fingerprint density at radius 3 is 2.67 bits per heavy atom. The van der Waals surface area contributed by atoms with Crippen LogP contribution in [0.2, 0.25) is 0 Å². The number of thiazole rings is 1. The molecule has 2 heterocycles. The van der Waals surface area contributed by atoms with Gasteiger partial charge in [0.15, 0.2) is 5.13 Å². The molecule has 2 N–H and O–H groups in total. The van der Waals surface area contributed by atoms with E-state index < -0.39 is 0 Å². The number of hydrogen-bond donors (Lipinski definition) is 1. The first-order valence-corrected chi connectivity index (χ1v) is 6.67. The molecule has 0 bridgehead atoms. The second-order valence-corrected chi connectivity index (χ2v) is 4.90. The fraction of sp³-hybridized carbons (Fsp3) is 0.727. The number of aromatic nitrogens is 1. The first-order valence-electron chi connectivity index (χ1n) is 5.79. The Kier molecular flexibility index (Phi) is 3.97. The van der Waals surface area contributed by atoms with E-state index in [0.29, 0.717) is 6.54 Å². The van der Waals surface area contributed by atoms with Gasteiger partial charge in [-0.15, -0.1) is 11.3 Å². The Bertz CT molecular complexity index is 290. The zero-order valence-corrected chi connectivity index (χ0v) is 9.93. The molecule has 1 aliphatic heterocycles. The molecule has 0 spiro atoms. The molecule has 84 valence electrons. The minimum atomic E-state index is 0.698. The van der Waals surface area contributed by atoms with Crippen molar-refractivity contribution in [3.05, 3.63) is 11.1 Å². The third-order valence-electron chi connectivity index (χ3n) is 2.82. The van der Waals surface area contributed by atoms with E-state index in [4.69, 9.17) is 5.73 Å². The van der Waals surface area contributed by atoms with Gasteiger partial charge in [-0.2, -0.15) is 0 Å². The monoisotopic (exact) mass is 225 g/mol. The lowest BCUT2D eigenvalue weighted by Crippen LogP contribution is -2.23. The Hall–Kier alpha value is -0.610. The second-order valence-electron chi connectivity index (χ2n) is 4.06. The SMILES string of the molecule is NCCc1csc(N2CCCCCC2)n1. The topological polar surface area (TPSA) is 42.1 Å². The van der Waals surface area contributed by atoms with E-state index in [1.54, 1.807) is 11.3 Å². The Labute approximate surface area is 95.3 Å². The van der Waals surface area contributed by atoms with Crippen molar-refractivity contribution in [2.45, 2.75) is 32.1 Å². The molecular formula is C11H19N3S. The van der Waals surface area contributed by atoms with E-state index in [1.807, 2.05) is 0 Å². The first kappa shape index (κ1) is 10.9. The standard InChI is InChI=1S/C11H19N3S/c12-6-5-10-9-15-11(13-10)14-7-3-1-2-4-8-14/h9H,1-8,12H2.